The molecule has 0 heterocycles. The third-order valence-electron chi connectivity index (χ3n) is 7.81. The van der Waals surface area contributed by atoms with Crippen LogP contribution in [0.5, 0.6) is 5.75 Å². The minimum Gasteiger partial charge on any atom is -0.494 e. The lowest BCUT2D eigenvalue weighted by Crippen LogP contribution is -2.53. The Morgan fingerprint density at radius 3 is 2.24 bits per heavy atom. The van der Waals surface area contributed by atoms with Crippen LogP contribution in [0.2, 0.25) is 10.0 Å². The standard InChI is InChI=1S/C33H39Cl2N3O5S2/c1-4-31(33(40)36-25-8-6-7-9-25)37(21-23-10-11-24(34)20-30(23)35)32(39)22-38(26-12-14-27(15-13-26)43-5-2)45(41,42)29-18-16-28(44-3)17-19-29/h10-20,25,31H,4-9,21-22H2,1-3H3,(H,36,40). The van der Waals surface area contributed by atoms with Gasteiger partial charge in [-0.15, -0.1) is 11.8 Å². The molecule has 3 aromatic rings. The fraction of sp³-hybridized carbons (Fsp3) is 0.394. The van der Waals surface area contributed by atoms with Crippen LogP contribution in [0.1, 0.15) is 51.5 Å². The highest BCUT2D eigenvalue weighted by atomic mass is 35.5. The highest BCUT2D eigenvalue weighted by molar-refractivity contribution is 7.98. The number of nitrogens with zero attached hydrogens (tertiary/aromatic N) is 2. The van der Waals surface area contributed by atoms with Gasteiger partial charge in [-0.3, -0.25) is 13.9 Å². The second-order valence-electron chi connectivity index (χ2n) is 10.8. The van der Waals surface area contributed by atoms with E-state index >= 15 is 0 Å². The van der Waals surface area contributed by atoms with Crippen molar-refractivity contribution < 1.29 is 22.7 Å². The molecule has 0 spiro atoms. The molecule has 4 rings (SSSR count). The zero-order chi connectivity index (χ0) is 32.6. The van der Waals surface area contributed by atoms with Crippen molar-refractivity contribution in [3.63, 3.8) is 0 Å². The largest absolute Gasteiger partial charge is 0.494 e. The Morgan fingerprint density at radius 1 is 1.00 bits per heavy atom. The average molecular weight is 693 g/mol. The van der Waals surface area contributed by atoms with Gasteiger partial charge in [-0.05, 0) is 98.7 Å². The first-order valence-corrected chi connectivity index (χ1v) is 18.4. The average Bonchev–Trinajstić information content (AvgIpc) is 3.54. The van der Waals surface area contributed by atoms with Crippen molar-refractivity contribution in [3.8, 4) is 5.75 Å². The van der Waals surface area contributed by atoms with Gasteiger partial charge < -0.3 is 15.0 Å². The van der Waals surface area contributed by atoms with Gasteiger partial charge in [0.2, 0.25) is 11.8 Å². The van der Waals surface area contributed by atoms with E-state index in [1.54, 1.807) is 54.6 Å². The topological polar surface area (TPSA) is 96.0 Å². The first kappa shape index (κ1) is 34.9. The first-order valence-electron chi connectivity index (χ1n) is 15.0. The maximum atomic E-state index is 14.3. The van der Waals surface area contributed by atoms with Gasteiger partial charge in [0.15, 0.2) is 0 Å². The summed E-state index contributed by atoms with van der Waals surface area (Å²) in [4.78, 5) is 30.3. The lowest BCUT2D eigenvalue weighted by Gasteiger charge is -2.34. The molecule has 45 heavy (non-hydrogen) atoms. The van der Waals surface area contributed by atoms with Gasteiger partial charge in [-0.2, -0.15) is 0 Å². The second-order valence-corrected chi connectivity index (χ2v) is 14.4. The molecule has 1 unspecified atom stereocenters. The summed E-state index contributed by atoms with van der Waals surface area (Å²) in [5, 5.41) is 3.89. The van der Waals surface area contributed by atoms with E-state index in [1.165, 1.54) is 28.8 Å². The monoisotopic (exact) mass is 691 g/mol. The first-order chi connectivity index (χ1) is 21.6. The molecule has 0 aromatic heterocycles. The fourth-order valence-corrected chi connectivity index (χ4v) is 7.69. The van der Waals surface area contributed by atoms with Gasteiger partial charge in [-0.1, -0.05) is 49.0 Å². The molecule has 1 fully saturated rings. The van der Waals surface area contributed by atoms with Gasteiger partial charge in [-0.25, -0.2) is 8.42 Å². The number of sulfonamides is 1. The molecule has 1 aliphatic carbocycles. The Morgan fingerprint density at radius 2 is 1.67 bits per heavy atom. The highest BCUT2D eigenvalue weighted by Crippen LogP contribution is 2.29. The third-order valence-corrected chi connectivity index (χ3v) is 10.9. The zero-order valence-electron chi connectivity index (χ0n) is 25.7. The summed E-state index contributed by atoms with van der Waals surface area (Å²) in [6, 6.07) is 17.2. The summed E-state index contributed by atoms with van der Waals surface area (Å²) in [5.74, 6) is -0.249. The molecule has 12 heteroatoms. The maximum Gasteiger partial charge on any atom is 0.264 e. The Hall–Kier alpha value is -2.92. The Labute approximate surface area is 280 Å². The Balaban J connectivity index is 1.73. The van der Waals surface area contributed by atoms with Crippen molar-refractivity contribution in [2.24, 2.45) is 0 Å². The van der Waals surface area contributed by atoms with Crippen LogP contribution in [-0.2, 0) is 26.2 Å². The minimum absolute atomic E-state index is 0.00891. The van der Waals surface area contributed by atoms with Gasteiger partial charge in [0.1, 0.15) is 18.3 Å². The molecular weight excluding hydrogens is 653 g/mol. The Kier molecular flexibility index (Phi) is 12.5. The van der Waals surface area contributed by atoms with E-state index in [9.17, 15) is 18.0 Å². The number of nitrogens with one attached hydrogen (secondary N) is 1. The number of carbonyl (C=O) groups is 2. The number of thioether (sulfide) groups is 1. The van der Waals surface area contributed by atoms with E-state index in [0.717, 1.165) is 34.9 Å². The lowest BCUT2D eigenvalue weighted by atomic mass is 10.1. The predicted molar refractivity (Wildman–Crippen MR) is 182 cm³/mol. The molecule has 0 aliphatic heterocycles. The van der Waals surface area contributed by atoms with Crippen LogP contribution < -0.4 is 14.4 Å². The molecule has 1 atom stereocenters. The van der Waals surface area contributed by atoms with Crippen LogP contribution in [0.15, 0.2) is 76.5 Å². The van der Waals surface area contributed by atoms with Crippen LogP contribution in [0.4, 0.5) is 5.69 Å². The predicted octanol–water partition coefficient (Wildman–Crippen LogP) is 7.18. The molecule has 0 bridgehead atoms. The number of carbonyl (C=O) groups excluding carboxylic acids is 2. The molecular formula is C33H39Cl2N3O5S2. The Bertz CT molecular complexity index is 1560. The number of hydrogen-bond acceptors (Lipinski definition) is 6. The summed E-state index contributed by atoms with van der Waals surface area (Å²) >= 11 is 14.1. The quantitative estimate of drug-likeness (QED) is 0.180. The SMILES string of the molecule is CCOc1ccc(N(CC(=O)N(Cc2ccc(Cl)cc2Cl)C(CC)C(=O)NC2CCCC2)S(=O)(=O)c2ccc(SC)cc2)cc1. The zero-order valence-corrected chi connectivity index (χ0v) is 28.8. The molecule has 2 amide bonds. The molecule has 1 aliphatic rings. The lowest BCUT2D eigenvalue weighted by molar-refractivity contribution is -0.140. The van der Waals surface area contributed by atoms with Gasteiger partial charge in [0.25, 0.3) is 10.0 Å². The van der Waals surface area contributed by atoms with Crippen LogP contribution in [0.25, 0.3) is 0 Å². The van der Waals surface area contributed by atoms with E-state index in [2.05, 4.69) is 5.32 Å². The number of hydrogen-bond donors (Lipinski definition) is 1. The molecule has 8 nitrogen and oxygen atoms in total. The molecule has 0 saturated heterocycles. The van der Waals surface area contributed by atoms with E-state index < -0.39 is 28.5 Å². The van der Waals surface area contributed by atoms with Gasteiger partial charge in [0.05, 0.1) is 17.2 Å². The molecule has 1 N–H and O–H groups in total. The van der Waals surface area contributed by atoms with Crippen molar-refractivity contribution in [2.75, 3.05) is 23.7 Å². The summed E-state index contributed by atoms with van der Waals surface area (Å²) in [7, 11) is -4.20. The summed E-state index contributed by atoms with van der Waals surface area (Å²) < 4.78 is 35.0. The molecule has 242 valence electrons. The minimum atomic E-state index is -4.20. The smallest absolute Gasteiger partial charge is 0.264 e. The van der Waals surface area contributed by atoms with E-state index in [-0.39, 0.29) is 29.1 Å². The highest BCUT2D eigenvalue weighted by Gasteiger charge is 2.35. The van der Waals surface area contributed by atoms with Gasteiger partial charge >= 0.3 is 0 Å². The van der Waals surface area contributed by atoms with Crippen molar-refractivity contribution in [2.45, 2.75) is 74.4 Å². The summed E-state index contributed by atoms with van der Waals surface area (Å²) in [6.07, 6.45) is 6.08. The van der Waals surface area contributed by atoms with Crippen LogP contribution in [0.3, 0.4) is 0 Å². The van der Waals surface area contributed by atoms with Crippen molar-refractivity contribution in [3.05, 3.63) is 82.3 Å². The van der Waals surface area contributed by atoms with Crippen LogP contribution in [-0.4, -0.2) is 56.6 Å². The number of rotatable bonds is 14. The fourth-order valence-electron chi connectivity index (χ4n) is 5.40. The molecule has 0 radical (unpaired) electrons. The van der Waals surface area contributed by atoms with Gasteiger partial charge in [0, 0.05) is 27.5 Å². The third kappa shape index (κ3) is 8.87. The number of ether oxygens (including phenoxy) is 1. The normalized spacial score (nSPS) is 14.2. The van der Waals surface area contributed by atoms with Crippen LogP contribution in [0, 0.1) is 0 Å². The number of amides is 2. The van der Waals surface area contributed by atoms with E-state index in [0.29, 0.717) is 34.4 Å². The van der Waals surface area contributed by atoms with E-state index in [4.69, 9.17) is 27.9 Å². The molecule has 1 saturated carbocycles. The second kappa shape index (κ2) is 16.1. The maximum absolute atomic E-state index is 14.3. The van der Waals surface area contributed by atoms with E-state index in [1.807, 2.05) is 20.1 Å². The summed E-state index contributed by atoms with van der Waals surface area (Å²) in [5.41, 5.74) is 0.873. The number of halogens is 2. The van der Waals surface area contributed by atoms with Crippen molar-refractivity contribution in [1.82, 2.24) is 10.2 Å². The van der Waals surface area contributed by atoms with Crippen molar-refractivity contribution in [1.29, 1.82) is 0 Å². The number of benzene rings is 3. The molecule has 3 aromatic carbocycles. The van der Waals surface area contributed by atoms with Crippen LogP contribution >= 0.6 is 35.0 Å². The summed E-state index contributed by atoms with van der Waals surface area (Å²) in [6.45, 7) is 3.59. The van der Waals surface area contributed by atoms with Crippen molar-refractivity contribution >= 4 is 62.5 Å². The number of anilines is 1.